The van der Waals surface area contributed by atoms with Gasteiger partial charge in [0.1, 0.15) is 0 Å². The molecule has 1 N–H and O–H groups in total. The van der Waals surface area contributed by atoms with Crippen molar-refractivity contribution in [1.29, 1.82) is 0 Å². The lowest BCUT2D eigenvalue weighted by atomic mass is 10.0. The summed E-state index contributed by atoms with van der Waals surface area (Å²) in [7, 11) is 0. The van der Waals surface area contributed by atoms with Crippen LogP contribution in [-0.2, 0) is 12.7 Å². The van der Waals surface area contributed by atoms with Gasteiger partial charge in [0.05, 0.1) is 16.4 Å². The van der Waals surface area contributed by atoms with Crippen LogP contribution in [-0.4, -0.2) is 36.8 Å². The molecule has 0 radical (unpaired) electrons. The van der Waals surface area contributed by atoms with E-state index in [-0.39, 0.29) is 17.0 Å². The summed E-state index contributed by atoms with van der Waals surface area (Å²) in [5.74, 6) is -0.567. The van der Waals surface area contributed by atoms with Crippen LogP contribution >= 0.6 is 15.9 Å². The van der Waals surface area contributed by atoms with Crippen LogP contribution in [0.2, 0.25) is 0 Å². The van der Waals surface area contributed by atoms with Gasteiger partial charge in [0.2, 0.25) is 0 Å². The highest BCUT2D eigenvalue weighted by Crippen LogP contribution is 2.32. The highest BCUT2D eigenvalue weighted by Gasteiger charge is 2.35. The topological polar surface area (TPSA) is 77.1 Å². The Balaban J connectivity index is 1.58. The predicted molar refractivity (Wildman–Crippen MR) is 120 cm³/mol. The summed E-state index contributed by atoms with van der Waals surface area (Å²) in [6.07, 6.45) is -0.613. The fraction of sp³-hybridized carbons (Fsp3) is 0.273. The van der Waals surface area contributed by atoms with Gasteiger partial charge in [-0.2, -0.15) is 23.4 Å². The van der Waals surface area contributed by atoms with Gasteiger partial charge < -0.3 is 5.32 Å². The number of amides is 1. The van der Waals surface area contributed by atoms with Gasteiger partial charge in [0.25, 0.3) is 5.91 Å². The van der Waals surface area contributed by atoms with E-state index in [1.807, 2.05) is 19.9 Å². The second-order valence-corrected chi connectivity index (χ2v) is 8.57. The van der Waals surface area contributed by atoms with Crippen LogP contribution < -0.4 is 5.32 Å². The number of rotatable bonds is 6. The summed E-state index contributed by atoms with van der Waals surface area (Å²) < 4.78 is 44.6. The lowest BCUT2D eigenvalue weighted by Crippen LogP contribution is -2.26. The standard InChI is InChI=1S/C22H20BrF3N6O/c1-13-4-5-15(8-14(13)2)17-9-19(22(24,25)26)32-20(29-17)10-18(30-32)21(33)27-6-3-7-31-12-16(23)11-28-31/h4-5,8-12H,3,6-7H2,1-2H3,(H,27,33). The van der Waals surface area contributed by atoms with Crippen molar-refractivity contribution in [2.45, 2.75) is 33.0 Å². The van der Waals surface area contributed by atoms with Gasteiger partial charge in [-0.1, -0.05) is 12.1 Å². The molecule has 0 bridgehead atoms. The number of carbonyl (C=O) groups excluding carboxylic acids is 1. The van der Waals surface area contributed by atoms with E-state index in [4.69, 9.17) is 0 Å². The minimum Gasteiger partial charge on any atom is -0.351 e. The van der Waals surface area contributed by atoms with Crippen molar-refractivity contribution < 1.29 is 18.0 Å². The summed E-state index contributed by atoms with van der Waals surface area (Å²) in [6, 6.07) is 7.56. The maximum Gasteiger partial charge on any atom is 0.433 e. The van der Waals surface area contributed by atoms with Crippen LogP contribution in [0.3, 0.4) is 0 Å². The number of alkyl halides is 3. The zero-order chi connectivity index (χ0) is 23.8. The monoisotopic (exact) mass is 520 g/mol. The van der Waals surface area contributed by atoms with Crippen molar-refractivity contribution in [1.82, 2.24) is 29.7 Å². The number of carbonyl (C=O) groups is 1. The van der Waals surface area contributed by atoms with Crippen LogP contribution in [0.4, 0.5) is 13.2 Å². The number of nitrogens with zero attached hydrogens (tertiary/aromatic N) is 5. The van der Waals surface area contributed by atoms with E-state index in [1.54, 1.807) is 29.2 Å². The van der Waals surface area contributed by atoms with E-state index in [9.17, 15) is 18.0 Å². The fourth-order valence-corrected chi connectivity index (χ4v) is 3.66. The van der Waals surface area contributed by atoms with E-state index in [1.165, 1.54) is 6.07 Å². The molecule has 0 aliphatic heterocycles. The first-order valence-electron chi connectivity index (χ1n) is 10.1. The molecule has 0 saturated carbocycles. The molecule has 7 nitrogen and oxygen atoms in total. The SMILES string of the molecule is Cc1ccc(-c2cc(C(F)(F)F)n3nc(C(=O)NCCCn4cc(Br)cn4)cc3n2)cc1C. The second-order valence-electron chi connectivity index (χ2n) is 7.65. The summed E-state index contributed by atoms with van der Waals surface area (Å²) in [6.45, 7) is 4.70. The Morgan fingerprint density at radius 3 is 2.61 bits per heavy atom. The summed E-state index contributed by atoms with van der Waals surface area (Å²) >= 11 is 3.31. The van der Waals surface area contributed by atoms with Crippen molar-refractivity contribution in [3.63, 3.8) is 0 Å². The lowest BCUT2D eigenvalue weighted by molar-refractivity contribution is -0.142. The van der Waals surface area contributed by atoms with Gasteiger partial charge in [-0.15, -0.1) is 0 Å². The Labute approximate surface area is 195 Å². The van der Waals surface area contributed by atoms with Gasteiger partial charge in [0.15, 0.2) is 17.0 Å². The van der Waals surface area contributed by atoms with Gasteiger partial charge in [0, 0.05) is 30.9 Å². The molecule has 0 atom stereocenters. The molecule has 0 aliphatic rings. The zero-order valence-electron chi connectivity index (χ0n) is 17.8. The van der Waals surface area contributed by atoms with E-state index < -0.39 is 17.8 Å². The van der Waals surface area contributed by atoms with Crippen LogP contribution in [0.5, 0.6) is 0 Å². The number of halogens is 4. The third kappa shape index (κ3) is 5.08. The Bertz CT molecular complexity index is 1330. The summed E-state index contributed by atoms with van der Waals surface area (Å²) in [5, 5.41) is 10.7. The molecule has 0 saturated heterocycles. The fourth-order valence-electron chi connectivity index (χ4n) is 3.33. The molecular formula is C22H20BrF3N6O. The molecule has 0 unspecified atom stereocenters. The Morgan fingerprint density at radius 2 is 1.94 bits per heavy atom. The number of hydrogen-bond acceptors (Lipinski definition) is 4. The zero-order valence-corrected chi connectivity index (χ0v) is 19.4. The van der Waals surface area contributed by atoms with Crippen LogP contribution in [0.15, 0.2) is 47.2 Å². The molecule has 4 aromatic rings. The highest BCUT2D eigenvalue weighted by atomic mass is 79.9. The highest BCUT2D eigenvalue weighted by molar-refractivity contribution is 9.10. The van der Waals surface area contributed by atoms with E-state index in [2.05, 4.69) is 36.4 Å². The van der Waals surface area contributed by atoms with Crippen LogP contribution in [0, 0.1) is 13.8 Å². The molecule has 0 spiro atoms. The lowest BCUT2D eigenvalue weighted by Gasteiger charge is -2.11. The predicted octanol–water partition coefficient (Wildman–Crippen LogP) is 4.81. The van der Waals surface area contributed by atoms with Crippen molar-refractivity contribution in [2.24, 2.45) is 0 Å². The maximum absolute atomic E-state index is 13.8. The van der Waals surface area contributed by atoms with Gasteiger partial charge in [-0.05, 0) is 59.5 Å². The molecular weight excluding hydrogens is 501 g/mol. The average Bonchev–Trinajstić information content (AvgIpc) is 3.37. The van der Waals surface area contributed by atoms with E-state index >= 15 is 0 Å². The summed E-state index contributed by atoms with van der Waals surface area (Å²) in [5.41, 5.74) is 1.51. The molecule has 4 rings (SSSR count). The van der Waals surface area contributed by atoms with Gasteiger partial charge in [-0.3, -0.25) is 9.48 Å². The van der Waals surface area contributed by atoms with Crippen molar-refractivity contribution >= 4 is 27.5 Å². The summed E-state index contributed by atoms with van der Waals surface area (Å²) in [4.78, 5) is 16.8. The van der Waals surface area contributed by atoms with Crippen LogP contribution in [0.1, 0.15) is 33.7 Å². The Kier molecular flexibility index (Phi) is 6.24. The second kappa shape index (κ2) is 8.97. The van der Waals surface area contributed by atoms with Crippen molar-refractivity contribution in [2.75, 3.05) is 6.54 Å². The molecule has 0 aliphatic carbocycles. The largest absolute Gasteiger partial charge is 0.433 e. The Hall–Kier alpha value is -3.21. The molecule has 33 heavy (non-hydrogen) atoms. The van der Waals surface area contributed by atoms with Crippen molar-refractivity contribution in [3.8, 4) is 11.3 Å². The first kappa shape index (κ1) is 23.0. The normalized spacial score (nSPS) is 11.8. The van der Waals surface area contributed by atoms with Crippen molar-refractivity contribution in [3.05, 3.63) is 69.7 Å². The molecule has 11 heteroatoms. The number of nitrogens with one attached hydrogen (secondary N) is 1. The number of aromatic nitrogens is 5. The number of hydrogen-bond donors (Lipinski definition) is 1. The maximum atomic E-state index is 13.8. The minimum absolute atomic E-state index is 0.0513. The first-order valence-corrected chi connectivity index (χ1v) is 10.9. The average molecular weight is 521 g/mol. The first-order chi connectivity index (χ1) is 15.6. The minimum atomic E-state index is -4.67. The quantitative estimate of drug-likeness (QED) is 0.370. The number of fused-ring (bicyclic) bond motifs is 1. The van der Waals surface area contributed by atoms with Crippen LogP contribution in [0.25, 0.3) is 16.9 Å². The number of benzene rings is 1. The molecule has 3 aromatic heterocycles. The third-order valence-electron chi connectivity index (χ3n) is 5.20. The molecule has 1 amide bonds. The van der Waals surface area contributed by atoms with E-state index in [0.29, 0.717) is 29.6 Å². The molecule has 172 valence electrons. The molecule has 3 heterocycles. The number of aryl methyl sites for hydroxylation is 3. The van der Waals surface area contributed by atoms with Gasteiger partial charge >= 0.3 is 6.18 Å². The smallest absolute Gasteiger partial charge is 0.351 e. The Morgan fingerprint density at radius 1 is 1.15 bits per heavy atom. The molecule has 0 fully saturated rings. The van der Waals surface area contributed by atoms with Gasteiger partial charge in [-0.25, -0.2) is 9.50 Å². The molecule has 1 aromatic carbocycles. The third-order valence-corrected chi connectivity index (χ3v) is 5.61. The van der Waals surface area contributed by atoms with E-state index in [0.717, 1.165) is 21.7 Å².